The Bertz CT molecular complexity index is 783. The molecule has 0 aromatic heterocycles. The summed E-state index contributed by atoms with van der Waals surface area (Å²) >= 11 is 6.15. The van der Waals surface area contributed by atoms with Gasteiger partial charge in [-0.05, 0) is 44.2 Å². The Morgan fingerprint density at radius 3 is 2.17 bits per heavy atom. The van der Waals surface area contributed by atoms with E-state index in [1.54, 1.807) is 17.0 Å². The zero-order chi connectivity index (χ0) is 20.4. The molecule has 3 aliphatic rings. The quantitative estimate of drug-likeness (QED) is 0.759. The molecule has 29 heavy (non-hydrogen) atoms. The van der Waals surface area contributed by atoms with Crippen LogP contribution < -0.4 is 0 Å². The lowest BCUT2D eigenvalue weighted by atomic mass is 9.93. The molecule has 0 N–H and O–H groups in total. The van der Waals surface area contributed by atoms with Crippen LogP contribution in [0.25, 0.3) is 0 Å². The topological polar surface area (TPSA) is 60.9 Å². The third kappa shape index (κ3) is 4.27. The molecule has 0 atom stereocenters. The predicted molar refractivity (Wildman–Crippen MR) is 111 cm³/mol. The van der Waals surface area contributed by atoms with Crippen molar-refractivity contribution in [3.63, 3.8) is 0 Å². The van der Waals surface area contributed by atoms with E-state index in [-0.39, 0.29) is 23.6 Å². The Morgan fingerprint density at radius 1 is 0.897 bits per heavy atom. The third-order valence-corrected chi connectivity index (χ3v) is 6.89. The van der Waals surface area contributed by atoms with E-state index in [0.717, 1.165) is 38.9 Å². The van der Waals surface area contributed by atoms with Crippen molar-refractivity contribution in [1.29, 1.82) is 0 Å². The molecule has 1 aromatic rings. The Kier molecular flexibility index (Phi) is 6.09. The van der Waals surface area contributed by atoms with E-state index in [2.05, 4.69) is 0 Å². The van der Waals surface area contributed by atoms with Crippen molar-refractivity contribution in [2.45, 2.75) is 44.6 Å². The van der Waals surface area contributed by atoms with Crippen molar-refractivity contribution >= 4 is 29.3 Å². The summed E-state index contributed by atoms with van der Waals surface area (Å²) in [6.45, 7) is 3.49. The Balaban J connectivity index is 1.27. The van der Waals surface area contributed by atoms with Crippen molar-refractivity contribution in [2.24, 2.45) is 5.92 Å². The van der Waals surface area contributed by atoms with Gasteiger partial charge in [0, 0.05) is 51.1 Å². The molecule has 1 aromatic carbocycles. The average molecular weight is 418 g/mol. The van der Waals surface area contributed by atoms with E-state index < -0.39 is 0 Å². The summed E-state index contributed by atoms with van der Waals surface area (Å²) in [5.74, 6) is 0.402. The van der Waals surface area contributed by atoms with Gasteiger partial charge in [-0.2, -0.15) is 0 Å². The lowest BCUT2D eigenvalue weighted by Gasteiger charge is -2.39. The lowest BCUT2D eigenvalue weighted by Crippen LogP contribution is -2.50. The van der Waals surface area contributed by atoms with E-state index in [0.29, 0.717) is 49.0 Å². The SMILES string of the molecule is O=C(c1ccccc1Cl)N1CCC(C(=O)N2CCC(N3CCCC3=O)CC2)CC1. The second kappa shape index (κ2) is 8.74. The molecule has 3 heterocycles. The summed E-state index contributed by atoms with van der Waals surface area (Å²) in [6.07, 6.45) is 4.77. The number of amides is 3. The number of benzene rings is 1. The average Bonchev–Trinajstić information content (AvgIpc) is 3.19. The number of piperidine rings is 2. The lowest BCUT2D eigenvalue weighted by molar-refractivity contribution is -0.139. The molecule has 0 saturated carbocycles. The molecule has 3 aliphatic heterocycles. The van der Waals surface area contributed by atoms with Crippen molar-refractivity contribution in [3.8, 4) is 0 Å². The molecule has 0 unspecified atom stereocenters. The van der Waals surface area contributed by atoms with Gasteiger partial charge in [0.1, 0.15) is 0 Å². The highest BCUT2D eigenvalue weighted by molar-refractivity contribution is 6.33. The number of rotatable bonds is 3. The summed E-state index contributed by atoms with van der Waals surface area (Å²) in [5.41, 5.74) is 0.525. The number of carbonyl (C=O) groups excluding carboxylic acids is 3. The Morgan fingerprint density at radius 2 is 1.55 bits per heavy atom. The zero-order valence-corrected chi connectivity index (χ0v) is 17.4. The van der Waals surface area contributed by atoms with Gasteiger partial charge in [0.2, 0.25) is 11.8 Å². The number of carbonyl (C=O) groups is 3. The van der Waals surface area contributed by atoms with Crippen LogP contribution in [0.3, 0.4) is 0 Å². The normalized spacial score (nSPS) is 21.7. The molecule has 0 radical (unpaired) electrons. The van der Waals surface area contributed by atoms with Crippen LogP contribution in [0.1, 0.15) is 48.9 Å². The van der Waals surface area contributed by atoms with Gasteiger partial charge in [-0.1, -0.05) is 23.7 Å². The van der Waals surface area contributed by atoms with Crippen LogP contribution in [0.5, 0.6) is 0 Å². The molecule has 0 bridgehead atoms. The maximum absolute atomic E-state index is 13.0. The maximum atomic E-state index is 13.0. The van der Waals surface area contributed by atoms with Gasteiger partial charge < -0.3 is 14.7 Å². The molecule has 3 saturated heterocycles. The minimum absolute atomic E-state index is 0.0183. The summed E-state index contributed by atoms with van der Waals surface area (Å²) in [4.78, 5) is 43.4. The molecular formula is C22H28ClN3O3. The Labute approximate surface area is 176 Å². The van der Waals surface area contributed by atoms with Crippen molar-refractivity contribution in [3.05, 3.63) is 34.9 Å². The molecule has 6 nitrogen and oxygen atoms in total. The van der Waals surface area contributed by atoms with E-state index in [1.165, 1.54) is 0 Å². The standard InChI is InChI=1S/C22H28ClN3O3/c23-19-5-2-1-4-18(19)22(29)25-12-7-16(8-13-25)21(28)24-14-9-17(10-15-24)26-11-3-6-20(26)27/h1-2,4-5,16-17H,3,6-15H2. The van der Waals surface area contributed by atoms with Crippen LogP contribution in [0.15, 0.2) is 24.3 Å². The van der Waals surface area contributed by atoms with Gasteiger partial charge >= 0.3 is 0 Å². The molecule has 156 valence electrons. The van der Waals surface area contributed by atoms with Crippen molar-refractivity contribution < 1.29 is 14.4 Å². The largest absolute Gasteiger partial charge is 0.342 e. The number of halogens is 1. The molecule has 3 fully saturated rings. The number of nitrogens with zero attached hydrogens (tertiary/aromatic N) is 3. The molecule has 4 rings (SSSR count). The van der Waals surface area contributed by atoms with Gasteiger partial charge in [-0.3, -0.25) is 14.4 Å². The number of likely N-dealkylation sites (tertiary alicyclic amines) is 3. The fourth-order valence-corrected chi connectivity index (χ4v) is 5.06. The number of hydrogen-bond acceptors (Lipinski definition) is 3. The van der Waals surface area contributed by atoms with Crippen LogP contribution in [-0.2, 0) is 9.59 Å². The van der Waals surface area contributed by atoms with E-state index in [9.17, 15) is 14.4 Å². The second-order valence-corrected chi connectivity index (χ2v) is 8.70. The third-order valence-electron chi connectivity index (χ3n) is 6.56. The maximum Gasteiger partial charge on any atom is 0.255 e. The first kappa shape index (κ1) is 20.2. The summed E-state index contributed by atoms with van der Waals surface area (Å²) in [5, 5.41) is 0.468. The minimum atomic E-state index is -0.0578. The van der Waals surface area contributed by atoms with Crippen LogP contribution in [0, 0.1) is 5.92 Å². The predicted octanol–water partition coefficient (Wildman–Crippen LogP) is 2.81. The van der Waals surface area contributed by atoms with E-state index in [4.69, 9.17) is 11.6 Å². The van der Waals surface area contributed by atoms with Crippen molar-refractivity contribution in [1.82, 2.24) is 14.7 Å². The fourth-order valence-electron chi connectivity index (χ4n) is 4.85. The first-order chi connectivity index (χ1) is 14.0. The summed E-state index contributed by atoms with van der Waals surface area (Å²) in [6, 6.07) is 7.40. The molecule has 3 amide bonds. The number of hydrogen-bond donors (Lipinski definition) is 0. The van der Waals surface area contributed by atoms with Crippen LogP contribution in [-0.4, -0.2) is 71.2 Å². The van der Waals surface area contributed by atoms with Gasteiger partial charge in [0.15, 0.2) is 0 Å². The van der Waals surface area contributed by atoms with Crippen molar-refractivity contribution in [2.75, 3.05) is 32.7 Å². The fraction of sp³-hybridized carbons (Fsp3) is 0.591. The molecular weight excluding hydrogens is 390 g/mol. The molecule has 7 heteroatoms. The first-order valence-electron chi connectivity index (χ1n) is 10.7. The summed E-state index contributed by atoms with van der Waals surface area (Å²) < 4.78 is 0. The van der Waals surface area contributed by atoms with E-state index >= 15 is 0 Å². The van der Waals surface area contributed by atoms with Gasteiger partial charge in [0.05, 0.1) is 10.6 Å². The molecule has 0 spiro atoms. The Hall–Kier alpha value is -2.08. The highest BCUT2D eigenvalue weighted by Gasteiger charge is 2.35. The highest BCUT2D eigenvalue weighted by atomic mass is 35.5. The van der Waals surface area contributed by atoms with Crippen LogP contribution in [0.2, 0.25) is 5.02 Å². The first-order valence-corrected chi connectivity index (χ1v) is 11.0. The van der Waals surface area contributed by atoms with Crippen LogP contribution in [0.4, 0.5) is 0 Å². The zero-order valence-electron chi connectivity index (χ0n) is 16.7. The highest BCUT2D eigenvalue weighted by Crippen LogP contribution is 2.27. The minimum Gasteiger partial charge on any atom is -0.342 e. The second-order valence-electron chi connectivity index (χ2n) is 8.29. The van der Waals surface area contributed by atoms with Crippen LogP contribution >= 0.6 is 11.6 Å². The van der Waals surface area contributed by atoms with Gasteiger partial charge in [0.25, 0.3) is 5.91 Å². The van der Waals surface area contributed by atoms with Gasteiger partial charge in [-0.25, -0.2) is 0 Å². The molecule has 0 aliphatic carbocycles. The monoisotopic (exact) mass is 417 g/mol. The smallest absolute Gasteiger partial charge is 0.255 e. The van der Waals surface area contributed by atoms with E-state index in [1.807, 2.05) is 21.9 Å². The van der Waals surface area contributed by atoms with Gasteiger partial charge in [-0.15, -0.1) is 0 Å². The summed E-state index contributed by atoms with van der Waals surface area (Å²) in [7, 11) is 0.